The number of nitrogens with one attached hydrogen (secondary N) is 1. The second-order valence-corrected chi connectivity index (χ2v) is 3.54. The van der Waals surface area contributed by atoms with Gasteiger partial charge >= 0.3 is 0 Å². The molecule has 5 heteroatoms. The quantitative estimate of drug-likeness (QED) is 0.755. The molecule has 4 nitrogen and oxygen atoms in total. The summed E-state index contributed by atoms with van der Waals surface area (Å²) in [7, 11) is 0. The molecule has 0 radical (unpaired) electrons. The normalized spacial score (nSPS) is 11.8. The van der Waals surface area contributed by atoms with Crippen molar-refractivity contribution < 1.29 is 4.79 Å². The molecule has 0 fully saturated rings. The molecule has 0 aliphatic heterocycles. The molecular formula is C9H11N3OS. The number of rotatable bonds is 3. The molecule has 0 bridgehead atoms. The van der Waals surface area contributed by atoms with E-state index in [0.29, 0.717) is 17.0 Å². The molecule has 0 aliphatic carbocycles. The molecule has 1 rings (SSSR count). The second kappa shape index (κ2) is 4.72. The standard InChI is InChI=1S/C9H11N3OS/c1-4-7(5-2)10-9(13)8-6(3)11-12-14-8/h1,7H,5H2,2-3H3,(H,10,13). The van der Waals surface area contributed by atoms with E-state index in [0.717, 1.165) is 11.5 Å². The Hall–Kier alpha value is -1.41. The maximum atomic E-state index is 11.6. The average Bonchev–Trinajstić information content (AvgIpc) is 2.60. The van der Waals surface area contributed by atoms with Crippen molar-refractivity contribution in [1.82, 2.24) is 14.9 Å². The average molecular weight is 209 g/mol. The number of aromatic nitrogens is 2. The fraction of sp³-hybridized carbons (Fsp3) is 0.444. The predicted molar refractivity (Wildman–Crippen MR) is 55.0 cm³/mol. The van der Waals surface area contributed by atoms with Gasteiger partial charge in [-0.3, -0.25) is 4.79 Å². The summed E-state index contributed by atoms with van der Waals surface area (Å²) in [6, 6.07) is -0.219. The zero-order valence-corrected chi connectivity index (χ0v) is 8.89. The molecular weight excluding hydrogens is 198 g/mol. The van der Waals surface area contributed by atoms with Crippen LogP contribution < -0.4 is 5.32 Å². The fourth-order valence-electron chi connectivity index (χ4n) is 0.925. The molecule has 0 aromatic carbocycles. The first-order valence-electron chi connectivity index (χ1n) is 4.25. The van der Waals surface area contributed by atoms with Gasteiger partial charge in [-0.15, -0.1) is 11.5 Å². The number of nitrogens with zero attached hydrogens (tertiary/aromatic N) is 2. The first-order valence-corrected chi connectivity index (χ1v) is 5.02. The third kappa shape index (κ3) is 2.30. The molecule has 0 spiro atoms. The number of hydrogen-bond donors (Lipinski definition) is 1. The van der Waals surface area contributed by atoms with Crippen LogP contribution in [0.3, 0.4) is 0 Å². The lowest BCUT2D eigenvalue weighted by molar-refractivity contribution is 0.0948. The van der Waals surface area contributed by atoms with Gasteiger partial charge in [0.25, 0.3) is 5.91 Å². The monoisotopic (exact) mass is 209 g/mol. The van der Waals surface area contributed by atoms with Gasteiger partial charge in [0.05, 0.1) is 11.7 Å². The molecule has 1 amide bonds. The second-order valence-electron chi connectivity index (χ2n) is 2.79. The van der Waals surface area contributed by atoms with E-state index >= 15 is 0 Å². The largest absolute Gasteiger partial charge is 0.338 e. The van der Waals surface area contributed by atoms with Gasteiger partial charge in [-0.05, 0) is 24.9 Å². The summed E-state index contributed by atoms with van der Waals surface area (Å²) in [5, 5.41) is 6.47. The van der Waals surface area contributed by atoms with Gasteiger partial charge in [0.15, 0.2) is 0 Å². The first-order chi connectivity index (χ1) is 6.69. The summed E-state index contributed by atoms with van der Waals surface area (Å²) in [5.41, 5.74) is 0.638. The Labute approximate surface area is 86.9 Å². The number of terminal acetylenes is 1. The Bertz CT molecular complexity index is 366. The van der Waals surface area contributed by atoms with Gasteiger partial charge in [-0.2, -0.15) is 0 Å². The highest BCUT2D eigenvalue weighted by Gasteiger charge is 2.15. The van der Waals surface area contributed by atoms with E-state index in [2.05, 4.69) is 20.8 Å². The van der Waals surface area contributed by atoms with Gasteiger partial charge in [0, 0.05) is 0 Å². The van der Waals surface area contributed by atoms with Crippen molar-refractivity contribution in [1.29, 1.82) is 0 Å². The molecule has 1 heterocycles. The number of aryl methyl sites for hydroxylation is 1. The Kier molecular flexibility index (Phi) is 3.60. The van der Waals surface area contributed by atoms with Crippen LogP contribution in [0, 0.1) is 19.3 Å². The highest BCUT2D eigenvalue weighted by Crippen LogP contribution is 2.08. The maximum absolute atomic E-state index is 11.6. The zero-order valence-electron chi connectivity index (χ0n) is 8.07. The minimum Gasteiger partial charge on any atom is -0.338 e. The molecule has 0 saturated heterocycles. The summed E-state index contributed by atoms with van der Waals surface area (Å²) in [6.45, 7) is 3.66. The Balaban J connectivity index is 2.69. The van der Waals surface area contributed by atoms with Crippen molar-refractivity contribution in [3.63, 3.8) is 0 Å². The molecule has 14 heavy (non-hydrogen) atoms. The van der Waals surface area contributed by atoms with Gasteiger partial charge in [0.2, 0.25) is 0 Å². The van der Waals surface area contributed by atoms with Crippen molar-refractivity contribution in [2.24, 2.45) is 0 Å². The van der Waals surface area contributed by atoms with E-state index < -0.39 is 0 Å². The third-order valence-electron chi connectivity index (χ3n) is 1.77. The van der Waals surface area contributed by atoms with Crippen molar-refractivity contribution in [2.45, 2.75) is 26.3 Å². The highest BCUT2D eigenvalue weighted by molar-refractivity contribution is 7.08. The number of hydrogen-bond acceptors (Lipinski definition) is 4. The van der Waals surface area contributed by atoms with Gasteiger partial charge in [0.1, 0.15) is 4.88 Å². The van der Waals surface area contributed by atoms with Crippen molar-refractivity contribution in [3.05, 3.63) is 10.6 Å². The molecule has 1 atom stereocenters. The Morgan fingerprint density at radius 2 is 2.50 bits per heavy atom. The minimum absolute atomic E-state index is 0.192. The molecule has 1 aromatic rings. The molecule has 74 valence electrons. The molecule has 1 N–H and O–H groups in total. The predicted octanol–water partition coefficient (Wildman–Crippen LogP) is 0.988. The minimum atomic E-state index is -0.219. The van der Waals surface area contributed by atoms with E-state index in [4.69, 9.17) is 6.42 Å². The van der Waals surface area contributed by atoms with E-state index in [1.165, 1.54) is 0 Å². The van der Waals surface area contributed by atoms with Gasteiger partial charge in [-0.1, -0.05) is 17.3 Å². The lowest BCUT2D eigenvalue weighted by Crippen LogP contribution is -2.33. The smallest absolute Gasteiger partial charge is 0.265 e. The van der Waals surface area contributed by atoms with Crippen molar-refractivity contribution >= 4 is 17.4 Å². The summed E-state index contributed by atoms with van der Waals surface area (Å²) in [5.74, 6) is 2.30. The Morgan fingerprint density at radius 3 is 2.93 bits per heavy atom. The van der Waals surface area contributed by atoms with E-state index in [-0.39, 0.29) is 11.9 Å². The van der Waals surface area contributed by atoms with E-state index in [1.54, 1.807) is 6.92 Å². The fourth-order valence-corrected chi connectivity index (χ4v) is 1.48. The van der Waals surface area contributed by atoms with Crippen LogP contribution in [0.2, 0.25) is 0 Å². The molecule has 0 saturated carbocycles. The molecule has 1 unspecified atom stereocenters. The zero-order chi connectivity index (χ0) is 10.6. The van der Waals surface area contributed by atoms with Gasteiger partial charge < -0.3 is 5.32 Å². The number of carbonyl (C=O) groups is 1. The van der Waals surface area contributed by atoms with Crippen LogP contribution in [0.25, 0.3) is 0 Å². The molecule has 1 aromatic heterocycles. The lowest BCUT2D eigenvalue weighted by Gasteiger charge is -2.08. The summed E-state index contributed by atoms with van der Waals surface area (Å²) in [4.78, 5) is 12.1. The summed E-state index contributed by atoms with van der Waals surface area (Å²) >= 11 is 1.08. The topological polar surface area (TPSA) is 54.9 Å². The SMILES string of the molecule is C#CC(CC)NC(=O)c1snnc1C. The van der Waals surface area contributed by atoms with E-state index in [9.17, 15) is 4.79 Å². The van der Waals surface area contributed by atoms with Crippen molar-refractivity contribution in [2.75, 3.05) is 0 Å². The summed E-state index contributed by atoms with van der Waals surface area (Å²) < 4.78 is 3.68. The maximum Gasteiger partial charge on any atom is 0.265 e. The van der Waals surface area contributed by atoms with Crippen LogP contribution in [0.5, 0.6) is 0 Å². The summed E-state index contributed by atoms with van der Waals surface area (Å²) in [6.07, 6.45) is 5.95. The lowest BCUT2D eigenvalue weighted by atomic mass is 10.2. The van der Waals surface area contributed by atoms with Crippen LogP contribution in [0.1, 0.15) is 28.7 Å². The molecule has 0 aliphatic rings. The Morgan fingerprint density at radius 1 is 1.79 bits per heavy atom. The number of amides is 1. The van der Waals surface area contributed by atoms with Crippen LogP contribution in [-0.4, -0.2) is 21.5 Å². The highest BCUT2D eigenvalue weighted by atomic mass is 32.1. The van der Waals surface area contributed by atoms with Crippen LogP contribution >= 0.6 is 11.5 Å². The van der Waals surface area contributed by atoms with Crippen LogP contribution in [0.15, 0.2) is 0 Å². The van der Waals surface area contributed by atoms with E-state index in [1.807, 2.05) is 6.92 Å². The van der Waals surface area contributed by atoms with Crippen molar-refractivity contribution in [3.8, 4) is 12.3 Å². The van der Waals surface area contributed by atoms with Crippen LogP contribution in [0.4, 0.5) is 0 Å². The van der Waals surface area contributed by atoms with Crippen LogP contribution in [-0.2, 0) is 0 Å². The number of carbonyl (C=O) groups excluding carboxylic acids is 1. The third-order valence-corrected chi connectivity index (χ3v) is 2.60. The van der Waals surface area contributed by atoms with Gasteiger partial charge in [-0.25, -0.2) is 0 Å². The first kappa shape index (κ1) is 10.7.